The second kappa shape index (κ2) is 6.14. The number of Topliss-reactive ketones (excluding diaryl/α,β-unsaturated/α-hetero) is 1. The van der Waals surface area contributed by atoms with E-state index in [9.17, 15) is 4.79 Å². The number of anilines is 1. The van der Waals surface area contributed by atoms with E-state index in [0.29, 0.717) is 19.3 Å². The Bertz CT molecular complexity index is 629. The van der Waals surface area contributed by atoms with E-state index >= 15 is 0 Å². The summed E-state index contributed by atoms with van der Waals surface area (Å²) in [5.41, 5.74) is 3.25. The Morgan fingerprint density at radius 2 is 2.00 bits per heavy atom. The van der Waals surface area contributed by atoms with Gasteiger partial charge in [-0.3, -0.25) is 9.69 Å². The van der Waals surface area contributed by atoms with Crippen molar-refractivity contribution in [1.82, 2.24) is 4.90 Å². The predicted molar refractivity (Wildman–Crippen MR) is 92.5 cm³/mol. The molecule has 0 radical (unpaired) electrons. The monoisotopic (exact) mass is 330 g/mol. The van der Waals surface area contributed by atoms with Crippen LogP contribution in [0.5, 0.6) is 0 Å². The van der Waals surface area contributed by atoms with Crippen LogP contribution >= 0.6 is 0 Å². The van der Waals surface area contributed by atoms with Gasteiger partial charge in [0.15, 0.2) is 11.6 Å². The van der Waals surface area contributed by atoms with Crippen molar-refractivity contribution in [2.75, 3.05) is 31.6 Å². The Labute approximate surface area is 143 Å². The van der Waals surface area contributed by atoms with E-state index in [1.54, 1.807) is 0 Å². The first kappa shape index (κ1) is 16.1. The summed E-state index contributed by atoms with van der Waals surface area (Å²) in [6.07, 6.45) is 2.68. The molecule has 1 spiro atoms. The van der Waals surface area contributed by atoms with Gasteiger partial charge in [0, 0.05) is 43.2 Å². The highest BCUT2D eigenvalue weighted by atomic mass is 16.7. The molecule has 2 atom stereocenters. The molecular formula is C19H26N2O3. The summed E-state index contributed by atoms with van der Waals surface area (Å²) in [4.78, 5) is 15.2. The van der Waals surface area contributed by atoms with Crippen LogP contribution in [-0.4, -0.2) is 54.9 Å². The standard InChI is InChI=1S/C19H26N2O3/c1-13-11-16-12-15(3-4-17(16)20-13)18(22)14(2)21-7-5-19(6-8-21)23-9-10-24-19/h3-4,12-14,20H,5-11H2,1-2H3. The Morgan fingerprint density at radius 1 is 1.29 bits per heavy atom. The van der Waals surface area contributed by atoms with Crippen LogP contribution in [0.25, 0.3) is 0 Å². The second-order valence-corrected chi connectivity index (χ2v) is 7.31. The van der Waals surface area contributed by atoms with E-state index in [2.05, 4.69) is 23.2 Å². The van der Waals surface area contributed by atoms with Gasteiger partial charge in [0.2, 0.25) is 0 Å². The maximum atomic E-state index is 12.9. The molecule has 2 saturated heterocycles. The fourth-order valence-electron chi connectivity index (χ4n) is 4.15. The van der Waals surface area contributed by atoms with Crippen LogP contribution < -0.4 is 5.32 Å². The summed E-state index contributed by atoms with van der Waals surface area (Å²) in [6, 6.07) is 6.42. The third-order valence-electron chi connectivity index (χ3n) is 5.62. The van der Waals surface area contributed by atoms with Crippen molar-refractivity contribution in [3.8, 4) is 0 Å². The van der Waals surface area contributed by atoms with Crippen molar-refractivity contribution in [2.24, 2.45) is 0 Å². The molecule has 1 aromatic rings. The molecule has 5 heteroatoms. The van der Waals surface area contributed by atoms with Gasteiger partial charge in [0.1, 0.15) is 0 Å². The number of carbonyl (C=O) groups excluding carboxylic acids is 1. The number of carbonyl (C=O) groups is 1. The minimum atomic E-state index is -0.380. The van der Waals surface area contributed by atoms with E-state index in [-0.39, 0.29) is 17.6 Å². The smallest absolute Gasteiger partial charge is 0.179 e. The average Bonchev–Trinajstić information content (AvgIpc) is 3.19. The molecular weight excluding hydrogens is 304 g/mol. The summed E-state index contributed by atoms with van der Waals surface area (Å²) >= 11 is 0. The highest BCUT2D eigenvalue weighted by Gasteiger charge is 2.41. The average molecular weight is 330 g/mol. The molecule has 2 unspecified atom stereocenters. The third-order valence-corrected chi connectivity index (χ3v) is 5.62. The molecule has 0 amide bonds. The van der Waals surface area contributed by atoms with Gasteiger partial charge < -0.3 is 14.8 Å². The molecule has 130 valence electrons. The SMILES string of the molecule is CC1Cc2cc(C(=O)C(C)N3CCC4(CC3)OCCO4)ccc2N1. The van der Waals surface area contributed by atoms with Crippen molar-refractivity contribution < 1.29 is 14.3 Å². The number of ketones is 1. The Hall–Kier alpha value is -1.43. The zero-order chi connectivity index (χ0) is 16.7. The fourth-order valence-corrected chi connectivity index (χ4v) is 4.15. The Balaban J connectivity index is 1.42. The number of piperidine rings is 1. The van der Waals surface area contributed by atoms with Crippen molar-refractivity contribution in [3.05, 3.63) is 29.3 Å². The number of nitrogens with zero attached hydrogens (tertiary/aromatic N) is 1. The van der Waals surface area contributed by atoms with E-state index in [1.165, 1.54) is 11.3 Å². The lowest BCUT2D eigenvalue weighted by atomic mass is 9.97. The van der Waals surface area contributed by atoms with E-state index < -0.39 is 0 Å². The number of rotatable bonds is 3. The lowest BCUT2D eigenvalue weighted by molar-refractivity contribution is -0.186. The minimum Gasteiger partial charge on any atom is -0.382 e. The first-order valence-electron chi connectivity index (χ1n) is 9.02. The van der Waals surface area contributed by atoms with Crippen LogP contribution in [0.3, 0.4) is 0 Å². The number of likely N-dealkylation sites (tertiary alicyclic amines) is 1. The van der Waals surface area contributed by atoms with E-state index in [4.69, 9.17) is 9.47 Å². The van der Waals surface area contributed by atoms with Crippen molar-refractivity contribution in [1.29, 1.82) is 0 Å². The second-order valence-electron chi connectivity index (χ2n) is 7.31. The zero-order valence-electron chi connectivity index (χ0n) is 14.5. The number of ether oxygens (including phenoxy) is 2. The number of fused-ring (bicyclic) bond motifs is 1. The lowest BCUT2D eigenvalue weighted by Crippen LogP contribution is -2.50. The highest BCUT2D eigenvalue weighted by Crippen LogP contribution is 2.32. The molecule has 1 aromatic carbocycles. The molecule has 5 nitrogen and oxygen atoms in total. The quantitative estimate of drug-likeness (QED) is 0.863. The molecule has 0 aliphatic carbocycles. The van der Waals surface area contributed by atoms with Gasteiger partial charge in [0.25, 0.3) is 0 Å². The summed E-state index contributed by atoms with van der Waals surface area (Å²) in [7, 11) is 0. The molecule has 3 aliphatic heterocycles. The normalized spacial score (nSPS) is 27.0. The van der Waals surface area contributed by atoms with Gasteiger partial charge in [-0.15, -0.1) is 0 Å². The first-order valence-corrected chi connectivity index (χ1v) is 9.02. The zero-order valence-corrected chi connectivity index (χ0v) is 14.5. The van der Waals surface area contributed by atoms with Crippen molar-refractivity contribution in [3.63, 3.8) is 0 Å². The van der Waals surface area contributed by atoms with Crippen molar-refractivity contribution in [2.45, 2.75) is 51.0 Å². The summed E-state index contributed by atoms with van der Waals surface area (Å²) in [5, 5.41) is 3.43. The molecule has 1 N–H and O–H groups in total. The predicted octanol–water partition coefficient (Wildman–Crippen LogP) is 2.45. The minimum absolute atomic E-state index is 0.103. The van der Waals surface area contributed by atoms with Gasteiger partial charge in [-0.25, -0.2) is 0 Å². The molecule has 24 heavy (non-hydrogen) atoms. The number of hydrogen-bond acceptors (Lipinski definition) is 5. The largest absolute Gasteiger partial charge is 0.382 e. The van der Waals surface area contributed by atoms with Crippen LogP contribution in [0, 0.1) is 0 Å². The number of hydrogen-bond donors (Lipinski definition) is 1. The topological polar surface area (TPSA) is 50.8 Å². The first-order chi connectivity index (χ1) is 11.6. The molecule has 0 saturated carbocycles. The molecule has 0 bridgehead atoms. The van der Waals surface area contributed by atoms with E-state index in [1.807, 2.05) is 19.1 Å². The summed E-state index contributed by atoms with van der Waals surface area (Å²) in [6.45, 7) is 7.25. The van der Waals surface area contributed by atoms with Gasteiger partial charge in [-0.1, -0.05) is 0 Å². The molecule has 4 rings (SSSR count). The van der Waals surface area contributed by atoms with Gasteiger partial charge in [-0.05, 0) is 44.0 Å². The Kier molecular flexibility index (Phi) is 4.11. The Morgan fingerprint density at radius 3 is 2.71 bits per heavy atom. The lowest BCUT2D eigenvalue weighted by Gasteiger charge is -2.39. The van der Waals surface area contributed by atoms with Gasteiger partial charge in [-0.2, -0.15) is 0 Å². The maximum absolute atomic E-state index is 12.9. The van der Waals surface area contributed by atoms with Crippen LogP contribution in [-0.2, 0) is 15.9 Å². The maximum Gasteiger partial charge on any atom is 0.179 e. The fraction of sp³-hybridized carbons (Fsp3) is 0.632. The van der Waals surface area contributed by atoms with Crippen LogP contribution in [0.1, 0.15) is 42.6 Å². The van der Waals surface area contributed by atoms with Crippen molar-refractivity contribution >= 4 is 11.5 Å². The summed E-state index contributed by atoms with van der Waals surface area (Å²) in [5.74, 6) is -0.171. The van der Waals surface area contributed by atoms with Crippen LogP contribution in [0.15, 0.2) is 18.2 Å². The van der Waals surface area contributed by atoms with Crippen LogP contribution in [0.4, 0.5) is 5.69 Å². The molecule has 3 heterocycles. The third kappa shape index (κ3) is 2.85. The number of benzene rings is 1. The summed E-state index contributed by atoms with van der Waals surface area (Å²) < 4.78 is 11.5. The number of nitrogens with one attached hydrogen (secondary N) is 1. The van der Waals surface area contributed by atoms with Gasteiger partial charge in [0.05, 0.1) is 19.3 Å². The van der Waals surface area contributed by atoms with E-state index in [0.717, 1.165) is 37.9 Å². The molecule has 3 aliphatic rings. The molecule has 2 fully saturated rings. The van der Waals surface area contributed by atoms with Gasteiger partial charge >= 0.3 is 0 Å². The molecule has 0 aromatic heterocycles. The van der Waals surface area contributed by atoms with Crippen LogP contribution in [0.2, 0.25) is 0 Å². The highest BCUT2D eigenvalue weighted by molar-refractivity contribution is 6.00.